The Morgan fingerprint density at radius 2 is 2.00 bits per heavy atom. The molecule has 1 N–H and O–H groups in total. The molecule has 0 aliphatic rings. The Labute approximate surface area is 116 Å². The molecule has 0 aliphatic heterocycles. The zero-order valence-corrected chi connectivity index (χ0v) is 12.1. The average Bonchev–Trinajstić information content (AvgIpc) is 2.40. The molecule has 0 aromatic heterocycles. The zero-order chi connectivity index (χ0) is 13.0. The average molecular weight is 306 g/mol. The Kier molecular flexibility index (Phi) is 4.26. The van der Waals surface area contributed by atoms with Gasteiger partial charge in [-0.25, -0.2) is 0 Å². The zero-order valence-electron chi connectivity index (χ0n) is 10.5. The standard InChI is InChI=1S/C15H16BrNO/c1-11-8-12(6-7-15(11)16)10-17-13-4-3-5-14(9-13)18-2/h3-9,17H,10H2,1-2H3. The molecule has 0 amide bonds. The first kappa shape index (κ1) is 13.0. The van der Waals surface area contributed by atoms with Gasteiger partial charge in [0.2, 0.25) is 0 Å². The molecule has 0 saturated heterocycles. The van der Waals surface area contributed by atoms with Crippen LogP contribution in [0.1, 0.15) is 11.1 Å². The van der Waals surface area contributed by atoms with Crippen molar-refractivity contribution in [2.24, 2.45) is 0 Å². The SMILES string of the molecule is COc1cccc(NCc2ccc(Br)c(C)c2)c1. The summed E-state index contributed by atoms with van der Waals surface area (Å²) in [5.74, 6) is 0.868. The summed E-state index contributed by atoms with van der Waals surface area (Å²) in [6.45, 7) is 2.90. The first-order valence-electron chi connectivity index (χ1n) is 5.82. The lowest BCUT2D eigenvalue weighted by molar-refractivity contribution is 0.415. The Balaban J connectivity index is 2.04. The quantitative estimate of drug-likeness (QED) is 0.905. The molecule has 0 spiro atoms. The summed E-state index contributed by atoms with van der Waals surface area (Å²) in [5.41, 5.74) is 3.58. The van der Waals surface area contributed by atoms with Gasteiger partial charge in [-0.2, -0.15) is 0 Å². The molecule has 2 aromatic rings. The highest BCUT2D eigenvalue weighted by Crippen LogP contribution is 2.20. The first-order chi connectivity index (χ1) is 8.69. The fourth-order valence-electron chi connectivity index (χ4n) is 1.75. The Hall–Kier alpha value is -1.48. The van der Waals surface area contributed by atoms with Crippen molar-refractivity contribution in [2.45, 2.75) is 13.5 Å². The van der Waals surface area contributed by atoms with Crippen LogP contribution in [0.25, 0.3) is 0 Å². The molecule has 3 heteroatoms. The van der Waals surface area contributed by atoms with Gasteiger partial charge in [-0.15, -0.1) is 0 Å². The largest absolute Gasteiger partial charge is 0.497 e. The third kappa shape index (κ3) is 3.26. The number of nitrogens with one attached hydrogen (secondary N) is 1. The number of ether oxygens (including phenoxy) is 1. The fraction of sp³-hybridized carbons (Fsp3) is 0.200. The van der Waals surface area contributed by atoms with Crippen LogP contribution in [0, 0.1) is 6.92 Å². The Morgan fingerprint density at radius 3 is 2.72 bits per heavy atom. The van der Waals surface area contributed by atoms with Gasteiger partial charge in [0.25, 0.3) is 0 Å². The number of rotatable bonds is 4. The minimum Gasteiger partial charge on any atom is -0.497 e. The van der Waals surface area contributed by atoms with Crippen molar-refractivity contribution in [2.75, 3.05) is 12.4 Å². The van der Waals surface area contributed by atoms with Crippen molar-refractivity contribution in [3.05, 3.63) is 58.1 Å². The Morgan fingerprint density at radius 1 is 1.17 bits per heavy atom. The molecule has 0 heterocycles. The fourth-order valence-corrected chi connectivity index (χ4v) is 2.00. The molecule has 2 aromatic carbocycles. The van der Waals surface area contributed by atoms with Crippen LogP contribution in [0.3, 0.4) is 0 Å². The van der Waals surface area contributed by atoms with Crippen LogP contribution in [-0.2, 0) is 6.54 Å². The molecule has 0 atom stereocenters. The second kappa shape index (κ2) is 5.91. The van der Waals surface area contributed by atoms with E-state index in [-0.39, 0.29) is 0 Å². The summed E-state index contributed by atoms with van der Waals surface area (Å²) >= 11 is 3.51. The molecule has 0 bridgehead atoms. The van der Waals surface area contributed by atoms with Crippen LogP contribution in [0.5, 0.6) is 5.75 Å². The molecule has 0 aliphatic carbocycles. The van der Waals surface area contributed by atoms with E-state index in [1.165, 1.54) is 11.1 Å². The number of hydrogen-bond donors (Lipinski definition) is 1. The van der Waals surface area contributed by atoms with E-state index in [1.807, 2.05) is 24.3 Å². The van der Waals surface area contributed by atoms with E-state index in [0.29, 0.717) is 0 Å². The molecule has 0 fully saturated rings. The number of aryl methyl sites for hydroxylation is 1. The van der Waals surface area contributed by atoms with E-state index in [2.05, 4.69) is 46.4 Å². The minimum atomic E-state index is 0.807. The molecule has 18 heavy (non-hydrogen) atoms. The highest BCUT2D eigenvalue weighted by atomic mass is 79.9. The Bertz CT molecular complexity index is 540. The normalized spacial score (nSPS) is 10.2. The van der Waals surface area contributed by atoms with E-state index in [0.717, 1.165) is 22.5 Å². The van der Waals surface area contributed by atoms with Gasteiger partial charge in [0.15, 0.2) is 0 Å². The van der Waals surface area contributed by atoms with Crippen LogP contribution in [0.2, 0.25) is 0 Å². The third-order valence-electron chi connectivity index (χ3n) is 2.79. The van der Waals surface area contributed by atoms with Crippen LogP contribution in [0.15, 0.2) is 46.9 Å². The van der Waals surface area contributed by atoms with E-state index in [4.69, 9.17) is 4.74 Å². The van der Waals surface area contributed by atoms with Crippen molar-refractivity contribution in [1.29, 1.82) is 0 Å². The van der Waals surface area contributed by atoms with Gasteiger partial charge < -0.3 is 10.1 Å². The van der Waals surface area contributed by atoms with Crippen molar-refractivity contribution in [3.63, 3.8) is 0 Å². The smallest absolute Gasteiger partial charge is 0.120 e. The summed E-state index contributed by atoms with van der Waals surface area (Å²) in [4.78, 5) is 0. The second-order valence-electron chi connectivity index (χ2n) is 4.17. The summed E-state index contributed by atoms with van der Waals surface area (Å²) in [7, 11) is 1.68. The lowest BCUT2D eigenvalue weighted by Gasteiger charge is -2.09. The van der Waals surface area contributed by atoms with Crippen LogP contribution in [-0.4, -0.2) is 7.11 Å². The van der Waals surface area contributed by atoms with Gasteiger partial charge in [-0.1, -0.05) is 34.1 Å². The van der Waals surface area contributed by atoms with Gasteiger partial charge in [-0.05, 0) is 36.2 Å². The van der Waals surface area contributed by atoms with E-state index >= 15 is 0 Å². The maximum absolute atomic E-state index is 5.20. The molecular formula is C15H16BrNO. The minimum absolute atomic E-state index is 0.807. The molecule has 2 nitrogen and oxygen atoms in total. The topological polar surface area (TPSA) is 21.3 Å². The number of methoxy groups -OCH3 is 1. The van der Waals surface area contributed by atoms with Crippen molar-refractivity contribution in [1.82, 2.24) is 0 Å². The van der Waals surface area contributed by atoms with Gasteiger partial charge in [0, 0.05) is 22.8 Å². The number of hydrogen-bond acceptors (Lipinski definition) is 2. The highest BCUT2D eigenvalue weighted by Gasteiger charge is 1.99. The monoisotopic (exact) mass is 305 g/mol. The predicted octanol–water partition coefficient (Wildman–Crippen LogP) is 4.38. The molecule has 0 radical (unpaired) electrons. The second-order valence-corrected chi connectivity index (χ2v) is 5.02. The molecule has 0 saturated carbocycles. The van der Waals surface area contributed by atoms with Gasteiger partial charge in [0.05, 0.1) is 7.11 Å². The highest BCUT2D eigenvalue weighted by molar-refractivity contribution is 9.10. The summed E-state index contributed by atoms with van der Waals surface area (Å²) in [6.07, 6.45) is 0. The van der Waals surface area contributed by atoms with Crippen LogP contribution < -0.4 is 10.1 Å². The maximum atomic E-state index is 5.20. The molecule has 0 unspecified atom stereocenters. The molecule has 2 rings (SSSR count). The summed E-state index contributed by atoms with van der Waals surface area (Å²) < 4.78 is 6.34. The maximum Gasteiger partial charge on any atom is 0.120 e. The third-order valence-corrected chi connectivity index (χ3v) is 3.68. The van der Waals surface area contributed by atoms with Gasteiger partial charge in [-0.3, -0.25) is 0 Å². The van der Waals surface area contributed by atoms with Crippen molar-refractivity contribution >= 4 is 21.6 Å². The van der Waals surface area contributed by atoms with Crippen LogP contribution in [0.4, 0.5) is 5.69 Å². The van der Waals surface area contributed by atoms with Crippen LogP contribution >= 0.6 is 15.9 Å². The lowest BCUT2D eigenvalue weighted by atomic mass is 10.1. The van der Waals surface area contributed by atoms with E-state index in [1.54, 1.807) is 7.11 Å². The lowest BCUT2D eigenvalue weighted by Crippen LogP contribution is -1.99. The number of benzene rings is 2. The van der Waals surface area contributed by atoms with E-state index < -0.39 is 0 Å². The predicted molar refractivity (Wildman–Crippen MR) is 79.2 cm³/mol. The molecular weight excluding hydrogens is 290 g/mol. The molecule has 94 valence electrons. The van der Waals surface area contributed by atoms with Gasteiger partial charge >= 0.3 is 0 Å². The number of halogens is 1. The van der Waals surface area contributed by atoms with Crippen molar-refractivity contribution < 1.29 is 4.74 Å². The van der Waals surface area contributed by atoms with Crippen molar-refractivity contribution in [3.8, 4) is 5.75 Å². The first-order valence-corrected chi connectivity index (χ1v) is 6.61. The number of anilines is 1. The van der Waals surface area contributed by atoms with Gasteiger partial charge in [0.1, 0.15) is 5.75 Å². The summed E-state index contributed by atoms with van der Waals surface area (Å²) in [5, 5.41) is 3.39. The summed E-state index contributed by atoms with van der Waals surface area (Å²) in [6, 6.07) is 14.3. The van der Waals surface area contributed by atoms with E-state index in [9.17, 15) is 0 Å².